The molecule has 13 heteroatoms. The molecule has 3 aliphatic heterocycles. The van der Waals surface area contributed by atoms with Gasteiger partial charge in [-0.2, -0.15) is 0 Å². The molecule has 9 N–H and O–H groups in total. The molecule has 0 aromatic rings. The van der Waals surface area contributed by atoms with Gasteiger partial charge in [-0.3, -0.25) is 4.79 Å². The van der Waals surface area contributed by atoms with Gasteiger partial charge in [-0.25, -0.2) is 0 Å². The van der Waals surface area contributed by atoms with Crippen LogP contribution in [0.5, 0.6) is 0 Å². The number of ketones is 1. The Balaban J connectivity index is 2.24. The van der Waals surface area contributed by atoms with Gasteiger partial charge in [0.05, 0.1) is 18.3 Å². The molecule has 3 aliphatic rings. The van der Waals surface area contributed by atoms with Crippen molar-refractivity contribution in [3.63, 3.8) is 0 Å². The van der Waals surface area contributed by atoms with Crippen LogP contribution in [0.2, 0.25) is 0 Å². The third-order valence-corrected chi connectivity index (χ3v) is 7.58. The molecule has 0 amide bonds. The van der Waals surface area contributed by atoms with E-state index in [0.29, 0.717) is 0 Å². The molecule has 198 valence electrons. The molecule has 0 aromatic heterocycles. The largest absolute Gasteiger partial charge is 0.388 e. The summed E-state index contributed by atoms with van der Waals surface area (Å²) in [6.07, 6.45) is -24.9. The van der Waals surface area contributed by atoms with Crippen molar-refractivity contribution in [2.24, 2.45) is 5.41 Å². The SMILES string of the molecule is CC(=O)C(C1O[C@@H](C)[C@@H](O)[C@@H](O)[C@@H]1O)(C1O[C@@H](C)[C@@H](O)[C@@H](O)[C@@H]1O)C1O[C@@H](C)[C@@H](O)[C@@H](O)[C@@H]1O. The van der Waals surface area contributed by atoms with Crippen molar-refractivity contribution in [1.29, 1.82) is 0 Å². The lowest BCUT2D eigenvalue weighted by Crippen LogP contribution is -2.77. The fourth-order valence-corrected chi connectivity index (χ4v) is 5.43. The summed E-state index contributed by atoms with van der Waals surface area (Å²) >= 11 is 0. The Morgan fingerprint density at radius 2 is 0.735 bits per heavy atom. The van der Waals surface area contributed by atoms with Gasteiger partial charge in [0, 0.05) is 0 Å². The number of hydrogen-bond donors (Lipinski definition) is 9. The molecule has 13 nitrogen and oxygen atoms in total. The average Bonchev–Trinajstić information content (AvgIpc) is 2.79. The van der Waals surface area contributed by atoms with Gasteiger partial charge in [0.2, 0.25) is 0 Å². The van der Waals surface area contributed by atoms with Gasteiger partial charge in [0.15, 0.2) is 0 Å². The number of hydrogen-bond acceptors (Lipinski definition) is 13. The first-order valence-corrected chi connectivity index (χ1v) is 11.3. The quantitative estimate of drug-likeness (QED) is 0.178. The molecule has 15 atom stereocenters. The maximum Gasteiger partial charge on any atom is 0.144 e. The van der Waals surface area contributed by atoms with Gasteiger partial charge in [0.25, 0.3) is 0 Å². The molecule has 3 heterocycles. The summed E-state index contributed by atoms with van der Waals surface area (Å²) in [6, 6.07) is 0. The fourth-order valence-electron chi connectivity index (χ4n) is 5.43. The first-order chi connectivity index (χ1) is 15.7. The predicted molar refractivity (Wildman–Crippen MR) is 110 cm³/mol. The number of carbonyl (C=O) groups excluding carboxylic acids is 1. The highest BCUT2D eigenvalue weighted by atomic mass is 16.6. The van der Waals surface area contributed by atoms with E-state index < -0.39 is 103 Å². The Morgan fingerprint density at radius 1 is 0.500 bits per heavy atom. The summed E-state index contributed by atoms with van der Waals surface area (Å²) in [6.45, 7) is 5.10. The Hall–Kier alpha value is -0.810. The number of aliphatic hydroxyl groups excluding tert-OH is 9. The monoisotopic (exact) mass is 496 g/mol. The zero-order valence-electron chi connectivity index (χ0n) is 19.3. The van der Waals surface area contributed by atoms with E-state index in [0.717, 1.165) is 6.92 Å². The van der Waals surface area contributed by atoms with Gasteiger partial charge < -0.3 is 60.2 Å². The molecule has 3 fully saturated rings. The van der Waals surface area contributed by atoms with Crippen molar-refractivity contribution in [3.8, 4) is 0 Å². The van der Waals surface area contributed by atoms with Gasteiger partial charge >= 0.3 is 0 Å². The lowest BCUT2D eigenvalue weighted by Gasteiger charge is -2.58. The molecule has 34 heavy (non-hydrogen) atoms. The van der Waals surface area contributed by atoms with E-state index in [4.69, 9.17) is 14.2 Å². The number of rotatable bonds is 4. The average molecular weight is 497 g/mol. The van der Waals surface area contributed by atoms with Crippen LogP contribution in [0.25, 0.3) is 0 Å². The Kier molecular flexibility index (Phi) is 8.10. The highest BCUT2D eigenvalue weighted by molar-refractivity contribution is 5.85. The van der Waals surface area contributed by atoms with E-state index >= 15 is 0 Å². The number of ether oxygens (including phenoxy) is 3. The summed E-state index contributed by atoms with van der Waals surface area (Å²) in [7, 11) is 0. The molecule has 0 aliphatic carbocycles. The molecule has 0 saturated carbocycles. The van der Waals surface area contributed by atoms with Crippen LogP contribution in [0, 0.1) is 5.41 Å². The number of carbonyl (C=O) groups is 1. The first kappa shape index (κ1) is 27.8. The summed E-state index contributed by atoms with van der Waals surface area (Å²) in [5.74, 6) is -0.882. The van der Waals surface area contributed by atoms with Crippen molar-refractivity contribution < 1.29 is 65.0 Å². The number of Topliss-reactive ketones (excluding diaryl/α,β-unsaturated/α-hetero) is 1. The molecular formula is C21H36O13. The van der Waals surface area contributed by atoms with E-state index in [1.807, 2.05) is 0 Å². The Bertz CT molecular complexity index is 652. The van der Waals surface area contributed by atoms with E-state index in [9.17, 15) is 50.8 Å². The normalized spacial score (nSPS) is 54.3. The van der Waals surface area contributed by atoms with Gasteiger partial charge in [-0.15, -0.1) is 0 Å². The third-order valence-electron chi connectivity index (χ3n) is 7.58. The molecule has 0 radical (unpaired) electrons. The van der Waals surface area contributed by atoms with Crippen molar-refractivity contribution in [1.82, 2.24) is 0 Å². The number of aliphatic hydroxyl groups is 9. The van der Waals surface area contributed by atoms with Gasteiger partial charge in [0.1, 0.15) is 84.4 Å². The fraction of sp³-hybridized carbons (Fsp3) is 0.952. The zero-order valence-corrected chi connectivity index (χ0v) is 19.3. The maximum absolute atomic E-state index is 13.5. The van der Waals surface area contributed by atoms with E-state index in [-0.39, 0.29) is 0 Å². The Morgan fingerprint density at radius 3 is 0.941 bits per heavy atom. The summed E-state index contributed by atoms with van der Waals surface area (Å²) in [5, 5.41) is 94.7. The van der Waals surface area contributed by atoms with Crippen LogP contribution in [0.15, 0.2) is 0 Å². The molecule has 3 rings (SSSR count). The minimum Gasteiger partial charge on any atom is -0.388 e. The van der Waals surface area contributed by atoms with Crippen LogP contribution in [-0.4, -0.2) is 143 Å². The van der Waals surface area contributed by atoms with Crippen LogP contribution < -0.4 is 0 Å². The second kappa shape index (κ2) is 9.92. The lowest BCUT2D eigenvalue weighted by atomic mass is 9.60. The highest BCUT2D eigenvalue weighted by Crippen LogP contribution is 2.49. The molecular weight excluding hydrogens is 460 g/mol. The minimum atomic E-state index is -2.40. The summed E-state index contributed by atoms with van der Waals surface area (Å²) in [5.41, 5.74) is -2.40. The van der Waals surface area contributed by atoms with Crippen molar-refractivity contribution in [2.45, 2.75) is 119 Å². The van der Waals surface area contributed by atoms with Gasteiger partial charge in [-0.1, -0.05) is 0 Å². The second-order valence-corrected chi connectivity index (χ2v) is 9.69. The van der Waals surface area contributed by atoms with Crippen molar-refractivity contribution in [2.75, 3.05) is 0 Å². The van der Waals surface area contributed by atoms with Crippen molar-refractivity contribution >= 4 is 5.78 Å². The second-order valence-electron chi connectivity index (χ2n) is 9.69. The van der Waals surface area contributed by atoms with Crippen LogP contribution in [-0.2, 0) is 19.0 Å². The van der Waals surface area contributed by atoms with Crippen LogP contribution in [0.4, 0.5) is 0 Å². The highest BCUT2D eigenvalue weighted by Gasteiger charge is 2.69. The maximum atomic E-state index is 13.5. The topological polar surface area (TPSA) is 227 Å². The molecule has 3 unspecified atom stereocenters. The molecule has 0 spiro atoms. The minimum absolute atomic E-state index is 0.882. The zero-order chi connectivity index (χ0) is 25.9. The molecule has 0 bridgehead atoms. The van der Waals surface area contributed by atoms with Crippen LogP contribution in [0.3, 0.4) is 0 Å². The third kappa shape index (κ3) is 4.11. The van der Waals surface area contributed by atoms with Crippen LogP contribution >= 0.6 is 0 Å². The summed E-state index contributed by atoms with van der Waals surface area (Å²) < 4.78 is 17.3. The molecule has 0 aromatic carbocycles. The van der Waals surface area contributed by atoms with E-state index in [1.165, 1.54) is 20.8 Å². The predicted octanol–water partition coefficient (Wildman–Crippen LogP) is -4.83. The molecule has 3 saturated heterocycles. The first-order valence-electron chi connectivity index (χ1n) is 11.3. The van der Waals surface area contributed by atoms with Gasteiger partial charge in [-0.05, 0) is 27.7 Å². The van der Waals surface area contributed by atoms with Crippen LogP contribution in [0.1, 0.15) is 27.7 Å². The van der Waals surface area contributed by atoms with E-state index in [2.05, 4.69) is 0 Å². The summed E-state index contributed by atoms with van der Waals surface area (Å²) in [4.78, 5) is 13.5. The standard InChI is InChI=1S/C21H36O13/c1-5-9(23)12(26)15(29)18(32-5)21(8(4)22,19-16(30)13(27)10(24)6(2)33-19)20-17(31)14(28)11(25)7(3)34-20/h5-7,9-20,23-31H,1-4H3/t5-,6-,7-,9+,10+,11+,12+,13+,14+,15-,16-,17-,18?,19?,20?,21?/m0/s1. The Labute approximate surface area is 196 Å². The smallest absolute Gasteiger partial charge is 0.144 e. The van der Waals surface area contributed by atoms with Crippen molar-refractivity contribution in [3.05, 3.63) is 0 Å². The lowest BCUT2D eigenvalue weighted by molar-refractivity contribution is -0.332. The van der Waals surface area contributed by atoms with E-state index in [1.54, 1.807) is 0 Å².